The van der Waals surface area contributed by atoms with E-state index in [-0.39, 0.29) is 0 Å². The first kappa shape index (κ1) is 18.0. The number of benzene rings is 2. The van der Waals surface area contributed by atoms with Gasteiger partial charge >= 0.3 is 0 Å². The Bertz CT molecular complexity index is 804. The lowest BCUT2D eigenvalue weighted by Gasteiger charge is -2.30. The highest BCUT2D eigenvalue weighted by Gasteiger charge is 2.17. The Morgan fingerprint density at radius 1 is 0.962 bits per heavy atom. The van der Waals surface area contributed by atoms with Crippen molar-refractivity contribution in [3.63, 3.8) is 0 Å². The predicted molar refractivity (Wildman–Crippen MR) is 103 cm³/mol. The fourth-order valence-electron chi connectivity index (χ4n) is 3.46. The molecule has 0 amide bonds. The Morgan fingerprint density at radius 3 is 2.19 bits per heavy atom. The average Bonchev–Trinajstić information content (AvgIpc) is 2.68. The molecule has 0 spiro atoms. The van der Waals surface area contributed by atoms with Crippen molar-refractivity contribution in [2.24, 2.45) is 5.92 Å². The van der Waals surface area contributed by atoms with Gasteiger partial charge in [0.15, 0.2) is 0 Å². The summed E-state index contributed by atoms with van der Waals surface area (Å²) < 4.78 is 0. The Labute approximate surface area is 155 Å². The maximum atomic E-state index is 9.32. The summed E-state index contributed by atoms with van der Waals surface area (Å²) in [5.41, 5.74) is 4.16. The van der Waals surface area contributed by atoms with E-state index in [0.29, 0.717) is 23.4 Å². The molecule has 2 aromatic rings. The van der Waals surface area contributed by atoms with Gasteiger partial charge < -0.3 is 5.32 Å². The molecule has 1 saturated heterocycles. The van der Waals surface area contributed by atoms with Crippen LogP contribution in [-0.4, -0.2) is 18.0 Å². The molecular weight excluding hydrogens is 320 g/mol. The highest BCUT2D eigenvalue weighted by molar-refractivity contribution is 5.66. The van der Waals surface area contributed by atoms with Crippen LogP contribution in [0.25, 0.3) is 0 Å². The third-order valence-electron chi connectivity index (χ3n) is 5.15. The summed E-state index contributed by atoms with van der Waals surface area (Å²) in [6, 6.07) is 18.0. The van der Waals surface area contributed by atoms with Crippen LogP contribution in [0.2, 0.25) is 0 Å². The van der Waals surface area contributed by atoms with Crippen molar-refractivity contribution in [1.29, 1.82) is 10.5 Å². The van der Waals surface area contributed by atoms with E-state index >= 15 is 0 Å². The first-order chi connectivity index (χ1) is 12.7. The fraction of sp³-hybridized carbons (Fsp3) is 0.364. The minimum absolute atomic E-state index is 0.506. The molecule has 0 unspecified atom stereocenters. The van der Waals surface area contributed by atoms with Gasteiger partial charge in [0.2, 0.25) is 0 Å². The molecule has 0 radical (unpaired) electrons. The number of hydrogen-bond acceptors (Lipinski definition) is 4. The first-order valence-electron chi connectivity index (χ1n) is 9.17. The molecule has 26 heavy (non-hydrogen) atoms. The number of piperidine rings is 1. The summed E-state index contributed by atoms with van der Waals surface area (Å²) in [5, 5.41) is 22.0. The standard InChI is InChI=1S/C22H24N4/c1-17-9-11-26(12-10-17)16-21-6-3-2-5-20(21)15-25-22-18(13-23)7-4-8-19(22)14-24/h2-8,17,25H,9-12,15-16H2,1H3. The number of nitrogens with zero attached hydrogens (tertiary/aromatic N) is 3. The smallest absolute Gasteiger partial charge is 0.101 e. The van der Waals surface area contributed by atoms with E-state index in [9.17, 15) is 10.5 Å². The Morgan fingerprint density at radius 2 is 1.58 bits per heavy atom. The van der Waals surface area contributed by atoms with Crippen LogP contribution in [0.15, 0.2) is 42.5 Å². The number of nitriles is 2. The van der Waals surface area contributed by atoms with Gasteiger partial charge in [-0.2, -0.15) is 10.5 Å². The maximum absolute atomic E-state index is 9.32. The van der Waals surface area contributed by atoms with Crippen LogP contribution >= 0.6 is 0 Å². The molecule has 2 aromatic carbocycles. The van der Waals surface area contributed by atoms with E-state index in [2.05, 4.69) is 47.5 Å². The lowest BCUT2D eigenvalue weighted by molar-refractivity contribution is 0.185. The molecule has 0 atom stereocenters. The van der Waals surface area contributed by atoms with E-state index in [1.54, 1.807) is 18.2 Å². The molecule has 132 valence electrons. The van der Waals surface area contributed by atoms with Crippen LogP contribution < -0.4 is 5.32 Å². The molecular formula is C22H24N4. The number of nitrogens with one attached hydrogen (secondary N) is 1. The van der Waals surface area contributed by atoms with E-state index in [1.165, 1.54) is 24.0 Å². The Kier molecular flexibility index (Phi) is 5.89. The molecule has 0 aromatic heterocycles. The first-order valence-corrected chi connectivity index (χ1v) is 9.17. The quantitative estimate of drug-likeness (QED) is 0.879. The number of para-hydroxylation sites is 1. The number of likely N-dealkylation sites (tertiary alicyclic amines) is 1. The monoisotopic (exact) mass is 344 g/mol. The minimum Gasteiger partial charge on any atom is -0.379 e. The summed E-state index contributed by atoms with van der Waals surface area (Å²) >= 11 is 0. The topological polar surface area (TPSA) is 62.9 Å². The predicted octanol–water partition coefficient (Wildman–Crippen LogP) is 4.27. The van der Waals surface area contributed by atoms with Gasteiger partial charge in [-0.25, -0.2) is 0 Å². The second-order valence-corrected chi connectivity index (χ2v) is 7.03. The van der Waals surface area contributed by atoms with Gasteiger partial charge in [-0.3, -0.25) is 4.90 Å². The van der Waals surface area contributed by atoms with Crippen molar-refractivity contribution >= 4 is 5.69 Å². The number of hydrogen-bond donors (Lipinski definition) is 1. The van der Waals surface area contributed by atoms with Gasteiger partial charge in [-0.15, -0.1) is 0 Å². The number of rotatable bonds is 5. The molecule has 4 nitrogen and oxygen atoms in total. The zero-order valence-corrected chi connectivity index (χ0v) is 15.2. The van der Waals surface area contributed by atoms with Crippen LogP contribution in [0.4, 0.5) is 5.69 Å². The Hall–Kier alpha value is -2.82. The second-order valence-electron chi connectivity index (χ2n) is 7.03. The molecule has 1 N–H and O–H groups in total. The van der Waals surface area contributed by atoms with Gasteiger partial charge in [0.1, 0.15) is 12.1 Å². The fourth-order valence-corrected chi connectivity index (χ4v) is 3.46. The van der Waals surface area contributed by atoms with Crippen molar-refractivity contribution in [2.75, 3.05) is 18.4 Å². The molecule has 3 rings (SSSR count). The molecule has 1 aliphatic heterocycles. The molecule has 1 fully saturated rings. The van der Waals surface area contributed by atoms with Gasteiger partial charge in [0, 0.05) is 13.1 Å². The van der Waals surface area contributed by atoms with Crippen molar-refractivity contribution in [2.45, 2.75) is 32.9 Å². The SMILES string of the molecule is CC1CCN(Cc2ccccc2CNc2c(C#N)cccc2C#N)CC1. The van der Waals surface area contributed by atoms with Crippen molar-refractivity contribution in [3.05, 3.63) is 64.7 Å². The van der Waals surface area contributed by atoms with Crippen LogP contribution in [-0.2, 0) is 13.1 Å². The average molecular weight is 344 g/mol. The van der Waals surface area contributed by atoms with Gasteiger partial charge in [-0.1, -0.05) is 37.3 Å². The molecule has 1 aliphatic rings. The molecule has 0 saturated carbocycles. The van der Waals surface area contributed by atoms with Gasteiger partial charge in [-0.05, 0) is 55.1 Å². The van der Waals surface area contributed by atoms with Crippen LogP contribution in [0, 0.1) is 28.6 Å². The zero-order valence-electron chi connectivity index (χ0n) is 15.2. The van der Waals surface area contributed by atoms with Crippen molar-refractivity contribution < 1.29 is 0 Å². The minimum atomic E-state index is 0.506. The molecule has 0 aliphatic carbocycles. The van der Waals surface area contributed by atoms with Crippen molar-refractivity contribution in [3.8, 4) is 12.1 Å². The second kappa shape index (κ2) is 8.52. The lowest BCUT2D eigenvalue weighted by atomic mass is 9.98. The van der Waals surface area contributed by atoms with Crippen molar-refractivity contribution in [1.82, 2.24) is 4.90 Å². The highest BCUT2D eigenvalue weighted by Crippen LogP contribution is 2.23. The van der Waals surface area contributed by atoms with E-state index in [4.69, 9.17) is 0 Å². The summed E-state index contributed by atoms with van der Waals surface area (Å²) in [7, 11) is 0. The lowest BCUT2D eigenvalue weighted by Crippen LogP contribution is -2.32. The summed E-state index contributed by atoms with van der Waals surface area (Å²) in [5.74, 6) is 0.829. The van der Waals surface area contributed by atoms with Crippen LogP contribution in [0.5, 0.6) is 0 Å². The van der Waals surface area contributed by atoms with Gasteiger partial charge in [0.25, 0.3) is 0 Å². The number of anilines is 1. The molecule has 4 heteroatoms. The van der Waals surface area contributed by atoms with Crippen LogP contribution in [0.1, 0.15) is 42.0 Å². The summed E-state index contributed by atoms with van der Waals surface area (Å²) in [6.07, 6.45) is 2.53. The third-order valence-corrected chi connectivity index (χ3v) is 5.15. The van der Waals surface area contributed by atoms with E-state index in [1.807, 2.05) is 6.07 Å². The normalized spacial score (nSPS) is 15.2. The zero-order chi connectivity index (χ0) is 18.4. The van der Waals surface area contributed by atoms with E-state index in [0.717, 1.165) is 25.6 Å². The summed E-state index contributed by atoms with van der Waals surface area (Å²) in [6.45, 7) is 6.19. The van der Waals surface area contributed by atoms with Crippen LogP contribution in [0.3, 0.4) is 0 Å². The largest absolute Gasteiger partial charge is 0.379 e. The molecule has 1 heterocycles. The third kappa shape index (κ3) is 4.23. The summed E-state index contributed by atoms with van der Waals surface area (Å²) in [4.78, 5) is 2.52. The Balaban J connectivity index is 1.74. The highest BCUT2D eigenvalue weighted by atomic mass is 15.1. The van der Waals surface area contributed by atoms with Gasteiger partial charge in [0.05, 0.1) is 16.8 Å². The molecule has 0 bridgehead atoms. The van der Waals surface area contributed by atoms with E-state index < -0.39 is 0 Å². The maximum Gasteiger partial charge on any atom is 0.101 e.